The summed E-state index contributed by atoms with van der Waals surface area (Å²) >= 11 is 5.55. The summed E-state index contributed by atoms with van der Waals surface area (Å²) in [5, 5.41) is 4.95. The number of amides is 1. The molecule has 0 fully saturated rings. The van der Waals surface area contributed by atoms with Crippen LogP contribution in [0.3, 0.4) is 0 Å². The SMILES string of the molecule is COc1cccc(CCNCC(=O)Nc2ccc(Cl)c(C(F)(F)F)c2)c1. The molecule has 0 saturated carbocycles. The second kappa shape index (κ2) is 8.91. The molecule has 0 bridgehead atoms. The predicted molar refractivity (Wildman–Crippen MR) is 94.7 cm³/mol. The average molecular weight is 387 g/mol. The zero-order valence-electron chi connectivity index (χ0n) is 14.0. The fourth-order valence-electron chi connectivity index (χ4n) is 2.29. The van der Waals surface area contributed by atoms with Gasteiger partial charge in [0, 0.05) is 5.69 Å². The molecule has 2 rings (SSSR count). The highest BCUT2D eigenvalue weighted by Crippen LogP contribution is 2.36. The molecule has 0 aliphatic rings. The molecule has 0 atom stereocenters. The minimum atomic E-state index is -4.58. The number of halogens is 4. The van der Waals surface area contributed by atoms with Crippen LogP contribution in [-0.4, -0.2) is 26.1 Å². The van der Waals surface area contributed by atoms with Gasteiger partial charge in [-0.05, 0) is 48.9 Å². The van der Waals surface area contributed by atoms with E-state index in [1.807, 2.05) is 24.3 Å². The van der Waals surface area contributed by atoms with Crippen molar-refractivity contribution < 1.29 is 22.7 Å². The first-order valence-corrected chi connectivity index (χ1v) is 8.17. The van der Waals surface area contributed by atoms with Crippen molar-refractivity contribution in [2.45, 2.75) is 12.6 Å². The van der Waals surface area contributed by atoms with Crippen LogP contribution in [0, 0.1) is 0 Å². The first-order chi connectivity index (χ1) is 12.3. The Bertz CT molecular complexity index is 766. The Morgan fingerprint density at radius 3 is 2.65 bits per heavy atom. The molecule has 0 radical (unpaired) electrons. The number of rotatable bonds is 7. The topological polar surface area (TPSA) is 50.4 Å². The summed E-state index contributed by atoms with van der Waals surface area (Å²) in [6.07, 6.45) is -3.89. The number of carbonyl (C=O) groups is 1. The van der Waals surface area contributed by atoms with Crippen molar-refractivity contribution in [1.29, 1.82) is 0 Å². The number of carbonyl (C=O) groups excluding carboxylic acids is 1. The molecule has 2 aromatic carbocycles. The van der Waals surface area contributed by atoms with E-state index in [0.717, 1.165) is 23.4 Å². The fourth-order valence-corrected chi connectivity index (χ4v) is 2.51. The van der Waals surface area contributed by atoms with Crippen LogP contribution in [-0.2, 0) is 17.4 Å². The van der Waals surface area contributed by atoms with E-state index < -0.39 is 22.7 Å². The Labute approximate surface area is 154 Å². The van der Waals surface area contributed by atoms with E-state index in [1.54, 1.807) is 7.11 Å². The number of alkyl halides is 3. The summed E-state index contributed by atoms with van der Waals surface area (Å²) in [6, 6.07) is 10.8. The minimum Gasteiger partial charge on any atom is -0.497 e. The van der Waals surface area contributed by atoms with Gasteiger partial charge in [-0.2, -0.15) is 13.2 Å². The van der Waals surface area contributed by atoms with Crippen LogP contribution in [0.15, 0.2) is 42.5 Å². The Morgan fingerprint density at radius 1 is 1.19 bits per heavy atom. The Balaban J connectivity index is 1.82. The Kier molecular flexibility index (Phi) is 6.88. The van der Waals surface area contributed by atoms with Crippen molar-refractivity contribution in [3.63, 3.8) is 0 Å². The number of hydrogen-bond acceptors (Lipinski definition) is 3. The highest BCUT2D eigenvalue weighted by molar-refractivity contribution is 6.31. The van der Waals surface area contributed by atoms with Gasteiger partial charge in [0.05, 0.1) is 24.2 Å². The molecule has 0 aromatic heterocycles. The van der Waals surface area contributed by atoms with Gasteiger partial charge in [0.2, 0.25) is 5.91 Å². The Morgan fingerprint density at radius 2 is 1.96 bits per heavy atom. The zero-order chi connectivity index (χ0) is 19.2. The molecular weight excluding hydrogens is 369 g/mol. The Hall–Kier alpha value is -2.25. The number of ether oxygens (including phenoxy) is 1. The van der Waals surface area contributed by atoms with Crippen LogP contribution < -0.4 is 15.4 Å². The maximum absolute atomic E-state index is 12.8. The molecule has 0 unspecified atom stereocenters. The largest absolute Gasteiger partial charge is 0.497 e. The van der Waals surface area contributed by atoms with Crippen molar-refractivity contribution in [3.05, 3.63) is 58.6 Å². The number of anilines is 1. The van der Waals surface area contributed by atoms with Crippen LogP contribution in [0.1, 0.15) is 11.1 Å². The van der Waals surface area contributed by atoms with Gasteiger partial charge in [-0.25, -0.2) is 0 Å². The molecule has 0 heterocycles. The standard InChI is InChI=1S/C18H18ClF3N2O2/c1-26-14-4-2-3-12(9-14)7-8-23-11-17(25)24-13-5-6-16(19)15(10-13)18(20,21)22/h2-6,9-10,23H,7-8,11H2,1H3,(H,24,25). The summed E-state index contributed by atoms with van der Waals surface area (Å²) in [5.74, 6) is 0.314. The first kappa shape index (κ1) is 20.1. The highest BCUT2D eigenvalue weighted by atomic mass is 35.5. The summed E-state index contributed by atoms with van der Waals surface area (Å²) in [5.41, 5.74) is 0.106. The fraction of sp³-hybridized carbons (Fsp3) is 0.278. The second-order valence-electron chi connectivity index (χ2n) is 5.52. The van der Waals surface area contributed by atoms with E-state index in [-0.39, 0.29) is 12.2 Å². The second-order valence-corrected chi connectivity index (χ2v) is 5.93. The molecule has 2 aromatic rings. The van der Waals surface area contributed by atoms with E-state index in [1.165, 1.54) is 6.07 Å². The van der Waals surface area contributed by atoms with Gasteiger partial charge in [-0.15, -0.1) is 0 Å². The van der Waals surface area contributed by atoms with E-state index in [4.69, 9.17) is 16.3 Å². The lowest BCUT2D eigenvalue weighted by Gasteiger charge is -2.12. The molecule has 26 heavy (non-hydrogen) atoms. The molecule has 4 nitrogen and oxygen atoms in total. The van der Waals surface area contributed by atoms with E-state index in [9.17, 15) is 18.0 Å². The number of hydrogen-bond donors (Lipinski definition) is 2. The normalized spacial score (nSPS) is 11.3. The quantitative estimate of drug-likeness (QED) is 0.703. The maximum Gasteiger partial charge on any atom is 0.417 e. The third-order valence-corrected chi connectivity index (χ3v) is 3.90. The van der Waals surface area contributed by atoms with Crippen LogP contribution >= 0.6 is 11.6 Å². The summed E-state index contributed by atoms with van der Waals surface area (Å²) in [7, 11) is 1.59. The molecular formula is C18H18ClF3N2O2. The van der Waals surface area contributed by atoms with Gasteiger partial charge in [-0.1, -0.05) is 23.7 Å². The third-order valence-electron chi connectivity index (χ3n) is 3.57. The van der Waals surface area contributed by atoms with E-state index in [0.29, 0.717) is 13.0 Å². The van der Waals surface area contributed by atoms with Gasteiger partial charge in [0.15, 0.2) is 0 Å². The van der Waals surface area contributed by atoms with Crippen molar-refractivity contribution in [2.75, 3.05) is 25.5 Å². The van der Waals surface area contributed by atoms with Crippen molar-refractivity contribution in [1.82, 2.24) is 5.32 Å². The van der Waals surface area contributed by atoms with E-state index >= 15 is 0 Å². The van der Waals surface area contributed by atoms with Crippen molar-refractivity contribution in [3.8, 4) is 5.75 Å². The monoisotopic (exact) mass is 386 g/mol. The molecule has 0 aliphatic carbocycles. The van der Waals surface area contributed by atoms with Crippen molar-refractivity contribution in [2.24, 2.45) is 0 Å². The average Bonchev–Trinajstić information content (AvgIpc) is 2.59. The minimum absolute atomic E-state index is 0.0199. The number of methoxy groups -OCH3 is 1. The van der Waals surface area contributed by atoms with Crippen LogP contribution in [0.4, 0.5) is 18.9 Å². The van der Waals surface area contributed by atoms with E-state index in [2.05, 4.69) is 10.6 Å². The predicted octanol–water partition coefficient (Wildman–Crippen LogP) is 4.14. The third kappa shape index (κ3) is 5.93. The van der Waals surface area contributed by atoms with Gasteiger partial charge in [-0.3, -0.25) is 4.79 Å². The maximum atomic E-state index is 12.8. The lowest BCUT2D eigenvalue weighted by molar-refractivity contribution is -0.137. The summed E-state index contributed by atoms with van der Waals surface area (Å²) in [6.45, 7) is 0.517. The molecule has 1 amide bonds. The zero-order valence-corrected chi connectivity index (χ0v) is 14.7. The van der Waals surface area contributed by atoms with Crippen LogP contribution in [0.2, 0.25) is 5.02 Å². The van der Waals surface area contributed by atoms with Gasteiger partial charge < -0.3 is 15.4 Å². The molecule has 0 spiro atoms. The molecule has 0 aliphatic heterocycles. The number of nitrogens with one attached hydrogen (secondary N) is 2. The highest BCUT2D eigenvalue weighted by Gasteiger charge is 2.33. The molecule has 2 N–H and O–H groups in total. The smallest absolute Gasteiger partial charge is 0.417 e. The van der Waals surface area contributed by atoms with Crippen LogP contribution in [0.5, 0.6) is 5.75 Å². The van der Waals surface area contributed by atoms with Crippen molar-refractivity contribution >= 4 is 23.2 Å². The lowest BCUT2D eigenvalue weighted by Crippen LogP contribution is -2.29. The van der Waals surface area contributed by atoms with Gasteiger partial charge in [0.1, 0.15) is 5.75 Å². The molecule has 0 saturated heterocycles. The molecule has 140 valence electrons. The van der Waals surface area contributed by atoms with Crippen LogP contribution in [0.25, 0.3) is 0 Å². The van der Waals surface area contributed by atoms with Gasteiger partial charge >= 0.3 is 6.18 Å². The summed E-state index contributed by atoms with van der Waals surface area (Å²) < 4.78 is 43.6. The number of benzene rings is 2. The molecule has 8 heteroatoms. The lowest BCUT2D eigenvalue weighted by atomic mass is 10.1. The first-order valence-electron chi connectivity index (χ1n) is 7.80. The van der Waals surface area contributed by atoms with Gasteiger partial charge in [0.25, 0.3) is 0 Å². The summed E-state index contributed by atoms with van der Waals surface area (Å²) in [4.78, 5) is 11.9.